The Morgan fingerprint density at radius 2 is 2.25 bits per heavy atom. The number of ether oxygens (including phenoxy) is 1. The Morgan fingerprint density at radius 1 is 1.44 bits per heavy atom. The average Bonchev–Trinajstić information content (AvgIpc) is 2.31. The molecule has 1 aromatic rings. The van der Waals surface area contributed by atoms with Crippen molar-refractivity contribution < 1.29 is 9.84 Å². The molecule has 4 heteroatoms. The van der Waals surface area contributed by atoms with E-state index in [1.54, 1.807) is 7.11 Å². The summed E-state index contributed by atoms with van der Waals surface area (Å²) in [4.78, 5) is 2.26. The van der Waals surface area contributed by atoms with Gasteiger partial charge in [0.05, 0.1) is 13.7 Å². The zero-order chi connectivity index (χ0) is 11.5. The van der Waals surface area contributed by atoms with E-state index in [9.17, 15) is 0 Å². The lowest BCUT2D eigenvalue weighted by molar-refractivity contribution is 0.183. The van der Waals surface area contributed by atoms with E-state index >= 15 is 0 Å². The van der Waals surface area contributed by atoms with Gasteiger partial charge in [-0.2, -0.15) is 0 Å². The fraction of sp³-hybridized carbons (Fsp3) is 0.500. The van der Waals surface area contributed by atoms with Gasteiger partial charge in [-0.15, -0.1) is 0 Å². The SMILES string of the molecule is COc1ccc(Br)c2c1CCN(CCO)C2. The maximum absolute atomic E-state index is 8.96. The number of aliphatic hydroxyl groups is 1. The molecule has 1 aromatic carbocycles. The van der Waals surface area contributed by atoms with E-state index in [4.69, 9.17) is 9.84 Å². The van der Waals surface area contributed by atoms with Gasteiger partial charge in [-0.05, 0) is 24.1 Å². The highest BCUT2D eigenvalue weighted by molar-refractivity contribution is 9.10. The first-order valence-electron chi connectivity index (χ1n) is 5.43. The number of hydrogen-bond donors (Lipinski definition) is 1. The number of rotatable bonds is 3. The van der Waals surface area contributed by atoms with Crippen LogP contribution >= 0.6 is 15.9 Å². The van der Waals surface area contributed by atoms with E-state index in [0.29, 0.717) is 0 Å². The molecule has 88 valence electrons. The average molecular weight is 286 g/mol. The number of halogens is 1. The summed E-state index contributed by atoms with van der Waals surface area (Å²) in [5.41, 5.74) is 2.59. The van der Waals surface area contributed by atoms with Crippen molar-refractivity contribution in [3.8, 4) is 5.75 Å². The molecule has 1 aliphatic heterocycles. The molecule has 0 saturated heterocycles. The van der Waals surface area contributed by atoms with Crippen LogP contribution in [0.3, 0.4) is 0 Å². The van der Waals surface area contributed by atoms with E-state index in [0.717, 1.165) is 36.3 Å². The van der Waals surface area contributed by atoms with Crippen LogP contribution in [0.2, 0.25) is 0 Å². The predicted molar refractivity (Wildman–Crippen MR) is 66.8 cm³/mol. The Morgan fingerprint density at radius 3 is 2.94 bits per heavy atom. The van der Waals surface area contributed by atoms with E-state index in [2.05, 4.69) is 20.8 Å². The van der Waals surface area contributed by atoms with Gasteiger partial charge in [0, 0.05) is 29.7 Å². The lowest BCUT2D eigenvalue weighted by atomic mass is 9.99. The topological polar surface area (TPSA) is 32.7 Å². The van der Waals surface area contributed by atoms with Crippen molar-refractivity contribution in [2.75, 3.05) is 26.8 Å². The zero-order valence-corrected chi connectivity index (χ0v) is 11.0. The van der Waals surface area contributed by atoms with Crippen molar-refractivity contribution in [2.24, 2.45) is 0 Å². The summed E-state index contributed by atoms with van der Waals surface area (Å²) in [6, 6.07) is 4.03. The van der Waals surface area contributed by atoms with Crippen molar-refractivity contribution in [1.82, 2.24) is 4.90 Å². The third-order valence-corrected chi connectivity index (χ3v) is 3.77. The van der Waals surface area contributed by atoms with Crippen LogP contribution in [-0.2, 0) is 13.0 Å². The maximum Gasteiger partial charge on any atom is 0.122 e. The smallest absolute Gasteiger partial charge is 0.122 e. The second-order valence-electron chi connectivity index (χ2n) is 3.96. The van der Waals surface area contributed by atoms with Crippen LogP contribution in [0, 0.1) is 0 Å². The minimum absolute atomic E-state index is 0.219. The number of benzene rings is 1. The summed E-state index contributed by atoms with van der Waals surface area (Å²) in [6.07, 6.45) is 0.984. The van der Waals surface area contributed by atoms with Gasteiger partial charge in [0.15, 0.2) is 0 Å². The van der Waals surface area contributed by atoms with Gasteiger partial charge in [-0.3, -0.25) is 4.90 Å². The predicted octanol–water partition coefficient (Wildman–Crippen LogP) is 1.81. The number of methoxy groups -OCH3 is 1. The van der Waals surface area contributed by atoms with Crippen molar-refractivity contribution in [3.63, 3.8) is 0 Å². The first kappa shape index (κ1) is 11.9. The molecule has 0 amide bonds. The van der Waals surface area contributed by atoms with Crippen molar-refractivity contribution >= 4 is 15.9 Å². The maximum atomic E-state index is 8.96. The van der Waals surface area contributed by atoms with Gasteiger partial charge >= 0.3 is 0 Å². The Bertz CT molecular complexity index is 382. The van der Waals surface area contributed by atoms with Crippen LogP contribution in [0.25, 0.3) is 0 Å². The highest BCUT2D eigenvalue weighted by Crippen LogP contribution is 2.33. The fourth-order valence-electron chi connectivity index (χ4n) is 2.18. The molecular formula is C12H16BrNO2. The van der Waals surface area contributed by atoms with E-state index in [1.807, 2.05) is 12.1 Å². The molecule has 1 aliphatic rings. The molecule has 1 heterocycles. The monoisotopic (exact) mass is 285 g/mol. The Labute approximate surface area is 104 Å². The molecule has 0 aliphatic carbocycles. The van der Waals surface area contributed by atoms with Gasteiger partial charge in [0.25, 0.3) is 0 Å². The van der Waals surface area contributed by atoms with Crippen LogP contribution in [0.1, 0.15) is 11.1 Å². The van der Waals surface area contributed by atoms with Crippen molar-refractivity contribution in [1.29, 1.82) is 0 Å². The van der Waals surface area contributed by atoms with Crippen LogP contribution in [0.4, 0.5) is 0 Å². The van der Waals surface area contributed by atoms with Crippen LogP contribution in [-0.4, -0.2) is 36.8 Å². The fourth-order valence-corrected chi connectivity index (χ4v) is 2.68. The first-order chi connectivity index (χ1) is 7.76. The van der Waals surface area contributed by atoms with Crippen LogP contribution in [0.5, 0.6) is 5.75 Å². The molecule has 0 spiro atoms. The molecule has 16 heavy (non-hydrogen) atoms. The second-order valence-corrected chi connectivity index (χ2v) is 4.81. The normalized spacial score (nSPS) is 15.9. The molecule has 0 aromatic heterocycles. The summed E-state index contributed by atoms with van der Waals surface area (Å²) < 4.78 is 6.50. The van der Waals surface area contributed by atoms with Gasteiger partial charge < -0.3 is 9.84 Å². The molecule has 0 saturated carbocycles. The van der Waals surface area contributed by atoms with E-state index in [1.165, 1.54) is 11.1 Å². The molecule has 0 atom stereocenters. The molecular weight excluding hydrogens is 270 g/mol. The summed E-state index contributed by atoms with van der Waals surface area (Å²) in [7, 11) is 1.71. The molecule has 0 bridgehead atoms. The highest BCUT2D eigenvalue weighted by atomic mass is 79.9. The van der Waals surface area contributed by atoms with E-state index < -0.39 is 0 Å². The Kier molecular flexibility index (Phi) is 3.84. The summed E-state index contributed by atoms with van der Waals surface area (Å²) in [5.74, 6) is 0.974. The Hall–Kier alpha value is -0.580. The number of nitrogens with zero attached hydrogens (tertiary/aromatic N) is 1. The second kappa shape index (κ2) is 5.17. The largest absolute Gasteiger partial charge is 0.496 e. The van der Waals surface area contributed by atoms with Gasteiger partial charge in [0.2, 0.25) is 0 Å². The van der Waals surface area contributed by atoms with Crippen molar-refractivity contribution in [3.05, 3.63) is 27.7 Å². The van der Waals surface area contributed by atoms with Gasteiger partial charge in [0.1, 0.15) is 5.75 Å². The lowest BCUT2D eigenvalue weighted by Gasteiger charge is -2.29. The highest BCUT2D eigenvalue weighted by Gasteiger charge is 2.20. The van der Waals surface area contributed by atoms with Gasteiger partial charge in [-0.25, -0.2) is 0 Å². The Balaban J connectivity index is 2.30. The summed E-state index contributed by atoms with van der Waals surface area (Å²) >= 11 is 3.58. The zero-order valence-electron chi connectivity index (χ0n) is 9.37. The van der Waals surface area contributed by atoms with E-state index in [-0.39, 0.29) is 6.61 Å². The third kappa shape index (κ3) is 2.24. The quantitative estimate of drug-likeness (QED) is 0.920. The number of fused-ring (bicyclic) bond motifs is 1. The van der Waals surface area contributed by atoms with Crippen LogP contribution in [0.15, 0.2) is 16.6 Å². The third-order valence-electron chi connectivity index (χ3n) is 3.03. The number of aliphatic hydroxyl groups excluding tert-OH is 1. The molecule has 3 nitrogen and oxygen atoms in total. The molecule has 2 rings (SSSR count). The van der Waals surface area contributed by atoms with Crippen molar-refractivity contribution in [2.45, 2.75) is 13.0 Å². The summed E-state index contributed by atoms with van der Waals surface area (Å²) in [5, 5.41) is 8.96. The molecule has 1 N–H and O–H groups in total. The standard InChI is InChI=1S/C12H16BrNO2/c1-16-12-3-2-11(13)10-8-14(6-7-15)5-4-9(10)12/h2-3,15H,4-8H2,1H3. The first-order valence-corrected chi connectivity index (χ1v) is 6.23. The van der Waals surface area contributed by atoms with Gasteiger partial charge in [-0.1, -0.05) is 15.9 Å². The molecule has 0 fully saturated rings. The minimum atomic E-state index is 0.219. The molecule has 0 radical (unpaired) electrons. The minimum Gasteiger partial charge on any atom is -0.496 e. The number of β-amino-alcohol motifs (C(OH)–C–C–N with tert-alkyl or cyclic N) is 1. The summed E-state index contributed by atoms with van der Waals surface area (Å²) in [6.45, 7) is 2.83. The molecule has 0 unspecified atom stereocenters. The number of hydrogen-bond acceptors (Lipinski definition) is 3. The van der Waals surface area contributed by atoms with Crippen LogP contribution < -0.4 is 4.74 Å². The lowest BCUT2D eigenvalue weighted by Crippen LogP contribution is -2.33.